The Morgan fingerprint density at radius 1 is 1.25 bits per heavy atom. The van der Waals surface area contributed by atoms with Gasteiger partial charge in [-0.05, 0) is 67.6 Å². The van der Waals surface area contributed by atoms with Crippen LogP contribution >= 0.6 is 11.3 Å². The van der Waals surface area contributed by atoms with Crippen LogP contribution < -0.4 is 15.0 Å². The molecule has 1 aliphatic heterocycles. The average Bonchev–Trinajstić information content (AvgIpc) is 3.20. The Labute approximate surface area is 170 Å². The lowest BCUT2D eigenvalue weighted by atomic mass is 10.0. The lowest BCUT2D eigenvalue weighted by Gasteiger charge is -2.34. The predicted molar refractivity (Wildman–Crippen MR) is 117 cm³/mol. The van der Waals surface area contributed by atoms with Gasteiger partial charge in [-0.2, -0.15) is 11.3 Å². The summed E-state index contributed by atoms with van der Waals surface area (Å²) in [7, 11) is 1.69. The minimum atomic E-state index is 0.498. The van der Waals surface area contributed by atoms with E-state index in [1.807, 2.05) is 18.2 Å². The summed E-state index contributed by atoms with van der Waals surface area (Å²) < 4.78 is 5.35. The van der Waals surface area contributed by atoms with Gasteiger partial charge in [0.25, 0.3) is 0 Å². The number of hydrogen-bond acceptors (Lipinski definition) is 6. The van der Waals surface area contributed by atoms with Crippen molar-refractivity contribution in [2.45, 2.75) is 45.2 Å². The van der Waals surface area contributed by atoms with Gasteiger partial charge in [0.15, 0.2) is 0 Å². The number of rotatable bonds is 6. The van der Waals surface area contributed by atoms with Crippen LogP contribution in [0.4, 0.5) is 5.95 Å². The largest absolute Gasteiger partial charge is 0.497 e. The number of fused-ring (bicyclic) bond motifs is 1. The Hall–Kier alpha value is -2.18. The molecule has 1 aliphatic rings. The van der Waals surface area contributed by atoms with Crippen LogP contribution in [-0.4, -0.2) is 42.3 Å². The third-order valence-corrected chi connectivity index (χ3v) is 6.23. The normalized spacial score (nSPS) is 16.5. The second-order valence-corrected chi connectivity index (χ2v) is 8.44. The minimum Gasteiger partial charge on any atom is -0.497 e. The molecular weight excluding hydrogens is 368 g/mol. The Morgan fingerprint density at radius 2 is 2.07 bits per heavy atom. The summed E-state index contributed by atoms with van der Waals surface area (Å²) in [5.41, 5.74) is 3.40. The zero-order chi connectivity index (χ0) is 19.5. The smallest absolute Gasteiger partial charge is 0.226 e. The molecule has 0 saturated carbocycles. The molecule has 1 unspecified atom stereocenters. The van der Waals surface area contributed by atoms with Crippen molar-refractivity contribution in [2.24, 2.45) is 0 Å². The van der Waals surface area contributed by atoms with E-state index in [9.17, 15) is 0 Å². The van der Waals surface area contributed by atoms with Crippen LogP contribution in [0.15, 0.2) is 35.0 Å². The van der Waals surface area contributed by atoms with Gasteiger partial charge in [-0.15, -0.1) is 0 Å². The SMILES string of the molecule is COc1ccc2c(C)nc(N3CCC(NC(C)Cc4ccsc4)CC3)nc2c1. The molecule has 0 radical (unpaired) electrons. The fraction of sp³-hybridized carbons (Fsp3) is 0.455. The number of benzene rings is 1. The van der Waals surface area contributed by atoms with Gasteiger partial charge in [0.1, 0.15) is 5.75 Å². The predicted octanol–water partition coefficient (Wildman–Crippen LogP) is 4.20. The van der Waals surface area contributed by atoms with Gasteiger partial charge in [0.2, 0.25) is 5.95 Å². The number of ether oxygens (including phenoxy) is 1. The van der Waals surface area contributed by atoms with E-state index in [-0.39, 0.29) is 0 Å². The highest BCUT2D eigenvalue weighted by Crippen LogP contribution is 2.25. The Kier molecular flexibility index (Phi) is 5.78. The van der Waals surface area contributed by atoms with Gasteiger partial charge in [0, 0.05) is 36.6 Å². The van der Waals surface area contributed by atoms with Crippen LogP contribution in [0.3, 0.4) is 0 Å². The van der Waals surface area contributed by atoms with Crippen LogP contribution in [0, 0.1) is 6.92 Å². The number of aryl methyl sites for hydroxylation is 1. The molecule has 3 aromatic rings. The molecule has 4 rings (SSSR count). The van der Waals surface area contributed by atoms with E-state index in [1.54, 1.807) is 18.4 Å². The van der Waals surface area contributed by atoms with Gasteiger partial charge < -0.3 is 15.0 Å². The summed E-state index contributed by atoms with van der Waals surface area (Å²) in [5, 5.41) is 9.29. The van der Waals surface area contributed by atoms with Crippen molar-refractivity contribution in [3.05, 3.63) is 46.3 Å². The van der Waals surface area contributed by atoms with Gasteiger partial charge in [-0.3, -0.25) is 0 Å². The fourth-order valence-electron chi connectivity index (χ4n) is 3.99. The summed E-state index contributed by atoms with van der Waals surface area (Å²) in [6.07, 6.45) is 3.33. The van der Waals surface area contributed by atoms with Crippen LogP contribution in [0.5, 0.6) is 5.75 Å². The van der Waals surface area contributed by atoms with Crippen molar-refractivity contribution in [3.8, 4) is 5.75 Å². The van der Waals surface area contributed by atoms with Crippen molar-refractivity contribution in [1.82, 2.24) is 15.3 Å². The standard InChI is InChI=1S/C22H28N4OS/c1-15(12-17-8-11-28-14-17)23-18-6-9-26(10-7-18)22-24-16(2)20-5-4-19(27-3)13-21(20)25-22/h4-5,8,11,13-15,18,23H,6-7,9-10,12H2,1-3H3. The maximum absolute atomic E-state index is 5.35. The molecule has 6 heteroatoms. The number of nitrogens with one attached hydrogen (secondary N) is 1. The van der Waals surface area contributed by atoms with Crippen molar-refractivity contribution in [2.75, 3.05) is 25.1 Å². The summed E-state index contributed by atoms with van der Waals surface area (Å²) in [6, 6.07) is 9.28. The lowest BCUT2D eigenvalue weighted by molar-refractivity contribution is 0.373. The van der Waals surface area contributed by atoms with Gasteiger partial charge in [0.05, 0.1) is 18.3 Å². The quantitative estimate of drug-likeness (QED) is 0.677. The second kappa shape index (κ2) is 8.45. The summed E-state index contributed by atoms with van der Waals surface area (Å²) >= 11 is 1.77. The molecule has 1 atom stereocenters. The van der Waals surface area contributed by atoms with Crippen LogP contribution in [-0.2, 0) is 6.42 Å². The zero-order valence-corrected chi connectivity index (χ0v) is 17.6. The van der Waals surface area contributed by atoms with Gasteiger partial charge in [-0.1, -0.05) is 0 Å². The first-order chi connectivity index (χ1) is 13.6. The average molecular weight is 397 g/mol. The Balaban J connectivity index is 1.39. The topological polar surface area (TPSA) is 50.3 Å². The Bertz CT molecular complexity index is 920. The van der Waals surface area contributed by atoms with E-state index in [2.05, 4.69) is 40.9 Å². The van der Waals surface area contributed by atoms with Crippen molar-refractivity contribution in [3.63, 3.8) is 0 Å². The third-order valence-electron chi connectivity index (χ3n) is 5.50. The van der Waals surface area contributed by atoms with Crippen LogP contribution in [0.2, 0.25) is 0 Å². The van der Waals surface area contributed by atoms with Gasteiger partial charge in [-0.25, -0.2) is 9.97 Å². The molecule has 3 heterocycles. The molecule has 5 nitrogen and oxygen atoms in total. The number of thiophene rings is 1. The van der Waals surface area contributed by atoms with Crippen molar-refractivity contribution in [1.29, 1.82) is 0 Å². The maximum atomic E-state index is 5.35. The van der Waals surface area contributed by atoms with Crippen molar-refractivity contribution >= 4 is 28.2 Å². The molecule has 0 aliphatic carbocycles. The number of anilines is 1. The molecule has 28 heavy (non-hydrogen) atoms. The first-order valence-electron chi connectivity index (χ1n) is 9.97. The van der Waals surface area contributed by atoms with E-state index < -0.39 is 0 Å². The first-order valence-corrected chi connectivity index (χ1v) is 10.9. The number of aromatic nitrogens is 2. The van der Waals surface area contributed by atoms with E-state index in [4.69, 9.17) is 14.7 Å². The van der Waals surface area contributed by atoms with Crippen LogP contribution in [0.25, 0.3) is 10.9 Å². The molecule has 1 aromatic carbocycles. The monoisotopic (exact) mass is 396 g/mol. The van der Waals surface area contributed by atoms with E-state index in [0.717, 1.165) is 60.6 Å². The molecule has 0 amide bonds. The lowest BCUT2D eigenvalue weighted by Crippen LogP contribution is -2.46. The summed E-state index contributed by atoms with van der Waals surface area (Å²) in [5.74, 6) is 1.67. The first kappa shape index (κ1) is 19.2. The van der Waals surface area contributed by atoms with E-state index in [1.165, 1.54) is 5.56 Å². The molecule has 1 fully saturated rings. The molecule has 148 valence electrons. The minimum absolute atomic E-state index is 0.498. The van der Waals surface area contributed by atoms with E-state index >= 15 is 0 Å². The molecule has 0 spiro atoms. The summed E-state index contributed by atoms with van der Waals surface area (Å²) in [6.45, 7) is 6.31. The van der Waals surface area contributed by atoms with Crippen molar-refractivity contribution < 1.29 is 4.74 Å². The Morgan fingerprint density at radius 3 is 2.79 bits per heavy atom. The summed E-state index contributed by atoms with van der Waals surface area (Å²) in [4.78, 5) is 11.9. The highest BCUT2D eigenvalue weighted by Gasteiger charge is 2.22. The van der Waals surface area contributed by atoms with Crippen LogP contribution in [0.1, 0.15) is 31.0 Å². The number of hydrogen-bond donors (Lipinski definition) is 1. The molecule has 1 saturated heterocycles. The fourth-order valence-corrected chi connectivity index (χ4v) is 4.67. The number of piperidine rings is 1. The molecule has 1 N–H and O–H groups in total. The number of methoxy groups -OCH3 is 1. The maximum Gasteiger partial charge on any atom is 0.226 e. The van der Waals surface area contributed by atoms with Gasteiger partial charge >= 0.3 is 0 Å². The second-order valence-electron chi connectivity index (χ2n) is 7.66. The third kappa shape index (κ3) is 4.28. The van der Waals surface area contributed by atoms with E-state index in [0.29, 0.717) is 12.1 Å². The number of nitrogens with zero attached hydrogens (tertiary/aromatic N) is 3. The molecule has 0 bridgehead atoms. The highest BCUT2D eigenvalue weighted by molar-refractivity contribution is 7.07. The molecular formula is C22H28N4OS. The zero-order valence-electron chi connectivity index (χ0n) is 16.8. The molecule has 2 aromatic heterocycles. The highest BCUT2D eigenvalue weighted by atomic mass is 32.1.